The molecule has 0 aliphatic carbocycles. The molecule has 1 rings (SSSR count). The van der Waals surface area contributed by atoms with Crippen LogP contribution in [0.15, 0.2) is 18.2 Å². The first-order valence-electron chi connectivity index (χ1n) is 4.66. The molecule has 7 heteroatoms. The highest BCUT2D eigenvalue weighted by molar-refractivity contribution is 6.31. The lowest BCUT2D eigenvalue weighted by Crippen LogP contribution is -2.26. The third kappa shape index (κ3) is 3.81. The van der Waals surface area contributed by atoms with Crippen molar-refractivity contribution in [3.8, 4) is 0 Å². The van der Waals surface area contributed by atoms with Crippen LogP contribution in [-0.4, -0.2) is 19.5 Å². The molecule has 0 fully saturated rings. The molecule has 17 heavy (non-hydrogen) atoms. The summed E-state index contributed by atoms with van der Waals surface area (Å²) in [6.45, 7) is -0.102. The summed E-state index contributed by atoms with van der Waals surface area (Å²) in [6.07, 6.45) is -4.51. The monoisotopic (exact) mass is 266 g/mol. The van der Waals surface area contributed by atoms with Crippen LogP contribution in [0.2, 0.25) is 5.02 Å². The van der Waals surface area contributed by atoms with Gasteiger partial charge in [0.05, 0.1) is 17.1 Å². The van der Waals surface area contributed by atoms with Crippen LogP contribution in [0.1, 0.15) is 5.56 Å². The molecular weight excluding hydrogens is 257 g/mol. The van der Waals surface area contributed by atoms with Crippen molar-refractivity contribution in [2.24, 2.45) is 0 Å². The number of hydrogen-bond acceptors (Lipinski definition) is 2. The van der Waals surface area contributed by atoms with Gasteiger partial charge in [0.25, 0.3) is 0 Å². The zero-order valence-corrected chi connectivity index (χ0v) is 9.62. The summed E-state index contributed by atoms with van der Waals surface area (Å²) < 4.78 is 37.5. The molecular formula is C10H10ClF3N2O. The molecule has 0 aliphatic rings. The van der Waals surface area contributed by atoms with Crippen molar-refractivity contribution in [3.63, 3.8) is 0 Å². The van der Waals surface area contributed by atoms with Crippen molar-refractivity contribution in [2.45, 2.75) is 6.18 Å². The summed E-state index contributed by atoms with van der Waals surface area (Å²) in [5.74, 6) is -0.325. The average Bonchev–Trinajstić information content (AvgIpc) is 2.26. The van der Waals surface area contributed by atoms with Gasteiger partial charge in [-0.3, -0.25) is 4.79 Å². The number of anilines is 1. The molecule has 0 unspecified atom stereocenters. The third-order valence-corrected chi connectivity index (χ3v) is 2.33. The zero-order chi connectivity index (χ0) is 13.1. The van der Waals surface area contributed by atoms with E-state index in [1.807, 2.05) is 0 Å². The number of halogens is 4. The van der Waals surface area contributed by atoms with E-state index in [4.69, 9.17) is 11.6 Å². The number of carbonyl (C=O) groups is 1. The maximum absolute atomic E-state index is 12.5. The van der Waals surface area contributed by atoms with Gasteiger partial charge in [0.1, 0.15) is 0 Å². The van der Waals surface area contributed by atoms with Crippen molar-refractivity contribution in [1.82, 2.24) is 5.32 Å². The minimum atomic E-state index is -4.51. The normalized spacial score (nSPS) is 11.1. The number of carbonyl (C=O) groups excluding carboxylic acids is 1. The van der Waals surface area contributed by atoms with Crippen molar-refractivity contribution < 1.29 is 18.0 Å². The Bertz CT molecular complexity index is 421. The summed E-state index contributed by atoms with van der Waals surface area (Å²) in [5.41, 5.74) is -0.744. The molecule has 0 spiro atoms. The summed E-state index contributed by atoms with van der Waals surface area (Å²) in [4.78, 5) is 10.9. The van der Waals surface area contributed by atoms with Crippen LogP contribution in [0.5, 0.6) is 0 Å². The molecule has 3 nitrogen and oxygen atoms in total. The SMILES string of the molecule is CNC(=O)CNc1ccc(Cl)c(C(F)(F)F)c1. The van der Waals surface area contributed by atoms with E-state index < -0.39 is 11.7 Å². The first kappa shape index (κ1) is 13.6. The Balaban J connectivity index is 2.86. The predicted molar refractivity (Wildman–Crippen MR) is 59.0 cm³/mol. The molecule has 1 aromatic carbocycles. The lowest BCUT2D eigenvalue weighted by molar-refractivity contribution is -0.137. The highest BCUT2D eigenvalue weighted by atomic mass is 35.5. The number of nitrogens with one attached hydrogen (secondary N) is 2. The molecule has 0 heterocycles. The van der Waals surface area contributed by atoms with Crippen LogP contribution in [0.25, 0.3) is 0 Å². The van der Waals surface area contributed by atoms with Crippen molar-refractivity contribution in [3.05, 3.63) is 28.8 Å². The Kier molecular flexibility index (Phi) is 4.22. The Morgan fingerprint density at radius 2 is 2.06 bits per heavy atom. The topological polar surface area (TPSA) is 41.1 Å². The van der Waals surface area contributed by atoms with Crippen LogP contribution < -0.4 is 10.6 Å². The Labute approximate surface area is 101 Å². The van der Waals surface area contributed by atoms with E-state index in [1.54, 1.807) is 0 Å². The second-order valence-corrected chi connectivity index (χ2v) is 3.63. The van der Waals surface area contributed by atoms with Gasteiger partial charge in [0.2, 0.25) is 5.91 Å². The van der Waals surface area contributed by atoms with Gasteiger partial charge in [-0.15, -0.1) is 0 Å². The average molecular weight is 267 g/mol. The summed E-state index contributed by atoms with van der Waals surface area (Å²) >= 11 is 5.44. The summed E-state index contributed by atoms with van der Waals surface area (Å²) in [5, 5.41) is 4.53. The number of amides is 1. The second-order valence-electron chi connectivity index (χ2n) is 3.22. The van der Waals surface area contributed by atoms with Gasteiger partial charge in [-0.05, 0) is 18.2 Å². The van der Waals surface area contributed by atoms with Gasteiger partial charge in [0, 0.05) is 12.7 Å². The fourth-order valence-corrected chi connectivity index (χ4v) is 1.35. The summed E-state index contributed by atoms with van der Waals surface area (Å²) in [6, 6.07) is 3.38. The molecule has 2 N–H and O–H groups in total. The van der Waals surface area contributed by atoms with Crippen LogP contribution in [-0.2, 0) is 11.0 Å². The quantitative estimate of drug-likeness (QED) is 0.883. The number of rotatable bonds is 3. The first-order chi connectivity index (χ1) is 7.84. The van der Waals surface area contributed by atoms with Gasteiger partial charge in [-0.1, -0.05) is 11.6 Å². The van der Waals surface area contributed by atoms with Crippen LogP contribution in [0.3, 0.4) is 0 Å². The zero-order valence-electron chi connectivity index (χ0n) is 8.86. The smallest absolute Gasteiger partial charge is 0.376 e. The molecule has 0 radical (unpaired) electrons. The lowest BCUT2D eigenvalue weighted by atomic mass is 10.2. The molecule has 0 bridgehead atoms. The minimum Gasteiger partial charge on any atom is -0.376 e. The van der Waals surface area contributed by atoms with Crippen LogP contribution in [0, 0.1) is 0 Å². The van der Waals surface area contributed by atoms with E-state index in [1.165, 1.54) is 13.1 Å². The van der Waals surface area contributed by atoms with E-state index in [9.17, 15) is 18.0 Å². The number of likely N-dealkylation sites (N-methyl/N-ethyl adjacent to an activating group) is 1. The van der Waals surface area contributed by atoms with E-state index in [0.717, 1.165) is 12.1 Å². The fourth-order valence-electron chi connectivity index (χ4n) is 1.12. The fraction of sp³-hybridized carbons (Fsp3) is 0.300. The number of hydrogen-bond donors (Lipinski definition) is 2. The largest absolute Gasteiger partial charge is 0.417 e. The van der Waals surface area contributed by atoms with Gasteiger partial charge >= 0.3 is 6.18 Å². The Hall–Kier alpha value is -1.43. The van der Waals surface area contributed by atoms with E-state index in [-0.39, 0.29) is 23.2 Å². The third-order valence-electron chi connectivity index (χ3n) is 2.00. The predicted octanol–water partition coefficient (Wildman–Crippen LogP) is 2.52. The maximum atomic E-state index is 12.5. The maximum Gasteiger partial charge on any atom is 0.417 e. The highest BCUT2D eigenvalue weighted by Gasteiger charge is 2.33. The second kappa shape index (κ2) is 5.27. The lowest BCUT2D eigenvalue weighted by Gasteiger charge is -2.11. The van der Waals surface area contributed by atoms with Gasteiger partial charge in [-0.25, -0.2) is 0 Å². The van der Waals surface area contributed by atoms with Crippen LogP contribution >= 0.6 is 11.6 Å². The van der Waals surface area contributed by atoms with E-state index in [2.05, 4.69) is 10.6 Å². The summed E-state index contributed by atoms with van der Waals surface area (Å²) in [7, 11) is 1.44. The van der Waals surface area contributed by atoms with Gasteiger partial charge in [0.15, 0.2) is 0 Å². The van der Waals surface area contributed by atoms with Crippen molar-refractivity contribution in [2.75, 3.05) is 18.9 Å². The van der Waals surface area contributed by atoms with Gasteiger partial charge in [-0.2, -0.15) is 13.2 Å². The molecule has 1 amide bonds. The first-order valence-corrected chi connectivity index (χ1v) is 5.03. The number of benzene rings is 1. The van der Waals surface area contributed by atoms with E-state index >= 15 is 0 Å². The standard InChI is InChI=1S/C10H10ClF3N2O/c1-15-9(17)5-16-6-2-3-8(11)7(4-6)10(12,13)14/h2-4,16H,5H2,1H3,(H,15,17). The van der Waals surface area contributed by atoms with E-state index in [0.29, 0.717) is 0 Å². The molecule has 0 saturated heterocycles. The van der Waals surface area contributed by atoms with Crippen molar-refractivity contribution in [1.29, 1.82) is 0 Å². The minimum absolute atomic E-state index is 0.102. The van der Waals surface area contributed by atoms with Gasteiger partial charge < -0.3 is 10.6 Å². The van der Waals surface area contributed by atoms with Crippen molar-refractivity contribution >= 4 is 23.2 Å². The molecule has 0 aromatic heterocycles. The molecule has 0 saturated carbocycles. The number of alkyl halides is 3. The molecule has 94 valence electrons. The Morgan fingerprint density at radius 1 is 1.41 bits per heavy atom. The van der Waals surface area contributed by atoms with Crippen LogP contribution in [0.4, 0.5) is 18.9 Å². The highest BCUT2D eigenvalue weighted by Crippen LogP contribution is 2.36. The molecule has 0 atom stereocenters. The molecule has 0 aliphatic heterocycles. The molecule has 1 aromatic rings. The Morgan fingerprint density at radius 3 is 2.59 bits per heavy atom.